The Balaban J connectivity index is 0.000000648. The summed E-state index contributed by atoms with van der Waals surface area (Å²) in [5.41, 5.74) is 15.5. The lowest BCUT2D eigenvalue weighted by atomic mass is 10.1. The highest BCUT2D eigenvalue weighted by molar-refractivity contribution is 9.10. The number of aliphatic hydroxyl groups is 1. The summed E-state index contributed by atoms with van der Waals surface area (Å²) in [6.07, 6.45) is 6.54. The van der Waals surface area contributed by atoms with E-state index in [4.69, 9.17) is 29.8 Å². The van der Waals surface area contributed by atoms with Crippen molar-refractivity contribution in [3.8, 4) is 46.2 Å². The molecule has 12 rings (SSSR count). The van der Waals surface area contributed by atoms with Gasteiger partial charge in [-0.1, -0.05) is 144 Å². The van der Waals surface area contributed by atoms with Crippen LogP contribution in [0.2, 0.25) is 0 Å². The number of anilines is 2. The van der Waals surface area contributed by atoms with Gasteiger partial charge in [0.25, 0.3) is 16.7 Å². The first kappa shape index (κ1) is 91.3. The molecule has 0 bridgehead atoms. The third-order valence-corrected chi connectivity index (χ3v) is 14.2. The Morgan fingerprint density at radius 1 is 0.404 bits per heavy atom. The topological polar surface area (TPSA) is 257 Å². The van der Waals surface area contributed by atoms with Crippen molar-refractivity contribution >= 4 is 60.0 Å². The highest BCUT2D eigenvalue weighted by atomic mass is 79.9. The number of nitrogens with two attached hydrogens (primary N) is 2. The predicted octanol–water partition coefficient (Wildman–Crippen LogP) is 19.0. The molecule has 12 aromatic rings. The van der Waals surface area contributed by atoms with E-state index in [1.165, 1.54) is 6.20 Å². The number of pyridine rings is 7. The van der Waals surface area contributed by atoms with Gasteiger partial charge in [0.15, 0.2) is 5.75 Å². The van der Waals surface area contributed by atoms with Crippen LogP contribution in [0.15, 0.2) is 220 Å². The van der Waals surface area contributed by atoms with Crippen LogP contribution in [0.3, 0.4) is 0 Å². The van der Waals surface area contributed by atoms with Crippen LogP contribution in [0, 0.1) is 27.7 Å². The molecule has 0 radical (unpaired) electrons. The second-order valence-electron chi connectivity index (χ2n) is 20.1. The third kappa shape index (κ3) is 27.9. The highest BCUT2D eigenvalue weighted by Gasteiger charge is 2.12. The number of aromatic nitrogens is 7. The van der Waals surface area contributed by atoms with Crippen LogP contribution in [0.1, 0.15) is 130 Å². The maximum atomic E-state index is 12.5. The van der Waals surface area contributed by atoms with Crippen molar-refractivity contribution < 1.29 is 33.9 Å². The summed E-state index contributed by atoms with van der Waals surface area (Å²) in [6, 6.07) is 53.8. The van der Waals surface area contributed by atoms with Gasteiger partial charge in [0.1, 0.15) is 45.1 Å². The van der Waals surface area contributed by atoms with Gasteiger partial charge >= 0.3 is 0 Å². The number of aliphatic hydroxyl groups excluding tert-OH is 1. The van der Waals surface area contributed by atoms with E-state index < -0.39 is 0 Å². The van der Waals surface area contributed by atoms with Crippen molar-refractivity contribution in [3.63, 3.8) is 0 Å². The fourth-order valence-electron chi connectivity index (χ4n) is 9.13. The van der Waals surface area contributed by atoms with Crippen molar-refractivity contribution in [2.24, 2.45) is 5.90 Å². The molecule has 6 N–H and O–H groups in total. The Morgan fingerprint density at radius 3 is 1.12 bits per heavy atom. The van der Waals surface area contributed by atoms with Crippen LogP contribution in [0.25, 0.3) is 50.2 Å². The zero-order chi connectivity index (χ0) is 78.3. The van der Waals surface area contributed by atoms with Crippen molar-refractivity contribution in [1.29, 1.82) is 0 Å². The van der Waals surface area contributed by atoms with E-state index in [1.54, 1.807) is 121 Å². The zero-order valence-electron chi connectivity index (χ0n) is 64.8. The number of benzene rings is 5. The Morgan fingerprint density at radius 2 is 0.779 bits per heavy atom. The van der Waals surface area contributed by atoms with Crippen LogP contribution in [0.4, 0.5) is 11.4 Å². The smallest absolute Gasteiger partial charge is 0.256 e. The lowest BCUT2D eigenvalue weighted by Crippen LogP contribution is -2.18. The summed E-state index contributed by atoms with van der Waals surface area (Å²) in [5.74, 6) is 9.80. The summed E-state index contributed by atoms with van der Waals surface area (Å²) >= 11 is 3.16. The predicted molar refractivity (Wildman–Crippen MR) is 435 cm³/mol. The monoisotopic (exact) mass is 1480 g/mol. The number of halogens is 1. The lowest BCUT2D eigenvalue weighted by molar-refractivity contribution is -0.211. The minimum atomic E-state index is -0.107. The Kier molecular flexibility index (Phi) is 45.2. The summed E-state index contributed by atoms with van der Waals surface area (Å²) in [5, 5.41) is 15.3. The summed E-state index contributed by atoms with van der Waals surface area (Å²) in [7, 11) is 6.42. The SMILES string of the molecule is CC.CC.CC.CC.CC.CC.CC.COc1ccc(CNc2ccc(-n3c(=O)ccc4ccc(C)cc43)nc2)c(OC)c1.COc1ccc(CO)c(OC)c1.Cc1ccc(-n2c(=O)ccc3ccc(C)cc32)nc1.Cc1ccc2ccc(=O)n(-c3ccc(N)cn3)c2c1.NOOc1ccc(Br)nc1. The largest absolute Gasteiger partial charge is 0.497 e. The van der Waals surface area contributed by atoms with Gasteiger partial charge in [-0.15, -0.1) is 0 Å². The normalized spacial score (nSPS) is 9.47. The third-order valence-electron chi connectivity index (χ3n) is 13.7. The molecule has 7 aromatic heterocycles. The summed E-state index contributed by atoms with van der Waals surface area (Å²) in [4.78, 5) is 62.1. The molecule has 7 heterocycles. The van der Waals surface area contributed by atoms with Gasteiger partial charge in [-0.3, -0.25) is 28.1 Å². The van der Waals surface area contributed by atoms with E-state index in [0.717, 1.165) is 93.6 Å². The van der Waals surface area contributed by atoms with Crippen LogP contribution in [-0.4, -0.2) is 67.2 Å². The van der Waals surface area contributed by atoms with Crippen molar-refractivity contribution in [2.75, 3.05) is 39.5 Å². The van der Waals surface area contributed by atoms with Gasteiger partial charge in [0, 0.05) is 54.2 Å². The molecule has 0 amide bonds. The van der Waals surface area contributed by atoms with Crippen LogP contribution < -0.4 is 57.5 Å². The molecule has 0 aliphatic heterocycles. The van der Waals surface area contributed by atoms with Gasteiger partial charge in [0.2, 0.25) is 0 Å². The minimum absolute atomic E-state index is 0.0207. The molecule has 104 heavy (non-hydrogen) atoms. The molecule has 0 spiro atoms. The van der Waals surface area contributed by atoms with Gasteiger partial charge in [-0.2, -0.15) is 5.90 Å². The van der Waals surface area contributed by atoms with E-state index >= 15 is 0 Å². The molecule has 558 valence electrons. The molecule has 0 saturated carbocycles. The van der Waals surface area contributed by atoms with Gasteiger partial charge in [0.05, 0.1) is 81.6 Å². The van der Waals surface area contributed by atoms with E-state index in [-0.39, 0.29) is 23.3 Å². The number of nitrogens with zero attached hydrogens (tertiary/aromatic N) is 7. The first-order valence-corrected chi connectivity index (χ1v) is 35.7. The second kappa shape index (κ2) is 51.4. The van der Waals surface area contributed by atoms with Crippen LogP contribution in [-0.2, 0) is 18.1 Å². The molecule has 0 saturated heterocycles. The molecule has 0 aliphatic rings. The first-order chi connectivity index (χ1) is 50.5. The average molecular weight is 1490 g/mol. The Bertz CT molecular complexity index is 4430. The van der Waals surface area contributed by atoms with Crippen LogP contribution >= 0.6 is 15.9 Å². The molecule has 5 aromatic carbocycles. The number of hydrogen-bond donors (Lipinski definition) is 4. The van der Waals surface area contributed by atoms with E-state index in [1.807, 2.05) is 240 Å². The molecule has 0 atom stereocenters. The van der Waals surface area contributed by atoms with Gasteiger partial charge in [-0.05, 0) is 185 Å². The van der Waals surface area contributed by atoms with Gasteiger partial charge in [-0.25, -0.2) is 19.9 Å². The van der Waals surface area contributed by atoms with Gasteiger partial charge < -0.3 is 40.0 Å². The number of fused-ring (bicyclic) bond motifs is 3. The molecule has 21 heteroatoms. The number of nitrogen functional groups attached to an aromatic ring is 1. The van der Waals surface area contributed by atoms with Crippen molar-refractivity contribution in [2.45, 2.75) is 138 Å². The molecule has 20 nitrogen and oxygen atoms in total. The minimum Gasteiger partial charge on any atom is -0.497 e. The Labute approximate surface area is 623 Å². The Hall–Kier alpha value is -10.7. The average Bonchev–Trinajstić information content (AvgIpc) is 0.797. The number of rotatable bonds is 13. The fourth-order valence-corrected chi connectivity index (χ4v) is 9.36. The first-order valence-electron chi connectivity index (χ1n) is 34.9. The highest BCUT2D eigenvalue weighted by Crippen LogP contribution is 2.27. The molecular formula is C83H109BrN10O10. The van der Waals surface area contributed by atoms with Crippen molar-refractivity contribution in [3.05, 3.63) is 270 Å². The van der Waals surface area contributed by atoms with Crippen molar-refractivity contribution in [1.82, 2.24) is 33.6 Å². The van der Waals surface area contributed by atoms with E-state index in [0.29, 0.717) is 41.2 Å². The van der Waals surface area contributed by atoms with Crippen LogP contribution in [0.5, 0.6) is 28.7 Å². The number of methoxy groups -OCH3 is 4. The number of nitrogens with one attached hydrogen (secondary N) is 1. The second-order valence-corrected chi connectivity index (χ2v) is 20.9. The number of hydrogen-bond acceptors (Lipinski definition) is 17. The molecule has 0 fully saturated rings. The van der Waals surface area contributed by atoms with E-state index in [9.17, 15) is 14.4 Å². The molecule has 0 unspecified atom stereocenters. The molecule has 0 aliphatic carbocycles. The summed E-state index contributed by atoms with van der Waals surface area (Å²) < 4.78 is 26.3. The maximum Gasteiger partial charge on any atom is 0.256 e. The lowest BCUT2D eigenvalue weighted by Gasteiger charge is -2.13. The quantitative estimate of drug-likeness (QED) is 0.0475. The number of aryl methyl sites for hydroxylation is 4. The standard InChI is InChI=1S/C24H23N3O3.C16H14N2O.C15H13N3O.C9H12O3.C5H5BrN2O2.7C2H6/c1-16-4-5-17-7-11-24(28)27(21(17)12-16)23-10-8-19(15-26-23)25-14-18-6-9-20(29-2)13-22(18)30-3;1-11-3-5-13-6-8-16(19)18(14(13)9-11)15-7-4-12(2)10-17-15;1-10-2-3-11-4-7-15(19)18(13(11)8-10)14-6-5-12(16)9-17-14;1-11-8-4-3-7(6-10)9(5-8)12-2;6-5-2-1-4(3-8-5)9-10-7;7*1-2/h4-13,15,25H,14H2,1-3H3;3-10H,1-2H3;2-9H,16H2,1H3;3-5,10H,6H2,1-2H3;1-3H,7H2;7*1-2H3. The zero-order valence-corrected chi connectivity index (χ0v) is 66.3. The maximum absolute atomic E-state index is 12.5. The summed E-state index contributed by atoms with van der Waals surface area (Å²) in [6.45, 7) is 36.6. The van der Waals surface area contributed by atoms with E-state index in [2.05, 4.69) is 57.0 Å². The fraction of sp³-hybridized carbons (Fsp3) is 0.289. The molecular weight excluding hydrogens is 1380 g/mol. The number of ether oxygens (including phenoxy) is 4.